The van der Waals surface area contributed by atoms with Crippen molar-refractivity contribution in [2.45, 2.75) is 11.7 Å². The molecule has 0 aromatic carbocycles. The van der Waals surface area contributed by atoms with E-state index in [1.54, 1.807) is 0 Å². The van der Waals surface area contributed by atoms with Crippen LogP contribution < -0.4 is 5.32 Å². The second-order valence-electron chi connectivity index (χ2n) is 1.89. The highest BCUT2D eigenvalue weighted by molar-refractivity contribution is 7.79. The molecule has 0 aromatic heterocycles. The standard InChI is InChI=1S/C4H7NO3S/c6-4-1-3(2-5-4)9(7)8/h3H,1-2H2,(H,5,6)(H,7,8)/p-1. The van der Waals surface area contributed by atoms with E-state index in [-0.39, 0.29) is 18.9 Å². The molecule has 0 radical (unpaired) electrons. The molecule has 1 aliphatic rings. The Kier molecular flexibility index (Phi) is 1.82. The minimum Gasteiger partial charge on any atom is -0.772 e. The molecule has 9 heavy (non-hydrogen) atoms. The van der Waals surface area contributed by atoms with Crippen LogP contribution in [-0.4, -0.2) is 26.5 Å². The first kappa shape index (κ1) is 6.70. The fourth-order valence-corrected chi connectivity index (χ4v) is 1.22. The highest BCUT2D eigenvalue weighted by atomic mass is 32.2. The molecule has 0 saturated carbocycles. The van der Waals surface area contributed by atoms with E-state index in [2.05, 4.69) is 5.32 Å². The summed E-state index contributed by atoms with van der Waals surface area (Å²) in [6, 6.07) is 0. The largest absolute Gasteiger partial charge is 0.772 e. The van der Waals surface area contributed by atoms with E-state index < -0.39 is 16.3 Å². The zero-order valence-electron chi connectivity index (χ0n) is 4.62. The molecule has 52 valence electrons. The number of hydrogen-bond donors (Lipinski definition) is 1. The molecule has 0 aromatic rings. The second-order valence-corrected chi connectivity index (χ2v) is 3.08. The lowest BCUT2D eigenvalue weighted by Crippen LogP contribution is -2.18. The van der Waals surface area contributed by atoms with Gasteiger partial charge in [0.1, 0.15) is 0 Å². The lowest BCUT2D eigenvalue weighted by Gasteiger charge is -2.08. The van der Waals surface area contributed by atoms with Crippen molar-refractivity contribution in [3.63, 3.8) is 0 Å². The van der Waals surface area contributed by atoms with E-state index in [1.165, 1.54) is 0 Å². The fraction of sp³-hybridized carbons (Fsp3) is 0.750. The van der Waals surface area contributed by atoms with Gasteiger partial charge >= 0.3 is 0 Å². The van der Waals surface area contributed by atoms with Crippen LogP contribution in [0.1, 0.15) is 6.42 Å². The Bertz CT molecular complexity index is 158. The van der Waals surface area contributed by atoms with E-state index in [1.807, 2.05) is 0 Å². The van der Waals surface area contributed by atoms with Gasteiger partial charge in [0.25, 0.3) is 0 Å². The van der Waals surface area contributed by atoms with Crippen molar-refractivity contribution in [3.05, 3.63) is 0 Å². The van der Waals surface area contributed by atoms with Gasteiger partial charge in [-0.2, -0.15) is 0 Å². The first-order chi connectivity index (χ1) is 4.20. The topological polar surface area (TPSA) is 69.2 Å². The molecule has 1 fully saturated rings. The van der Waals surface area contributed by atoms with E-state index in [0.717, 1.165) is 0 Å². The quantitative estimate of drug-likeness (QED) is 0.472. The summed E-state index contributed by atoms with van der Waals surface area (Å²) in [5.41, 5.74) is 0. The van der Waals surface area contributed by atoms with Gasteiger partial charge in [0.05, 0.1) is 0 Å². The highest BCUT2D eigenvalue weighted by Gasteiger charge is 2.21. The van der Waals surface area contributed by atoms with E-state index in [0.29, 0.717) is 0 Å². The zero-order chi connectivity index (χ0) is 6.85. The number of amides is 1. The summed E-state index contributed by atoms with van der Waals surface area (Å²) < 4.78 is 20.3. The summed E-state index contributed by atoms with van der Waals surface area (Å²) in [7, 11) is 0. The van der Waals surface area contributed by atoms with Gasteiger partial charge in [0, 0.05) is 18.2 Å². The Hall–Kier alpha value is -0.420. The molecule has 0 spiro atoms. The number of carbonyl (C=O) groups excluding carboxylic acids is 1. The van der Waals surface area contributed by atoms with Crippen molar-refractivity contribution < 1.29 is 13.6 Å². The van der Waals surface area contributed by atoms with Crippen molar-refractivity contribution in [2.75, 3.05) is 6.54 Å². The molecule has 2 unspecified atom stereocenters. The van der Waals surface area contributed by atoms with Gasteiger partial charge in [-0.1, -0.05) is 0 Å². The van der Waals surface area contributed by atoms with Crippen LogP contribution in [0.4, 0.5) is 0 Å². The van der Waals surface area contributed by atoms with E-state index in [9.17, 15) is 13.6 Å². The number of rotatable bonds is 1. The van der Waals surface area contributed by atoms with Gasteiger partial charge in [-0.15, -0.1) is 0 Å². The Morgan fingerprint density at radius 1 is 1.78 bits per heavy atom. The van der Waals surface area contributed by atoms with E-state index >= 15 is 0 Å². The summed E-state index contributed by atoms with van der Waals surface area (Å²) >= 11 is -2.09. The Morgan fingerprint density at radius 3 is 2.67 bits per heavy atom. The third-order valence-electron chi connectivity index (χ3n) is 1.21. The normalized spacial score (nSPS) is 29.9. The third kappa shape index (κ3) is 1.49. The molecule has 5 heteroatoms. The van der Waals surface area contributed by atoms with E-state index in [4.69, 9.17) is 0 Å². The predicted molar refractivity (Wildman–Crippen MR) is 30.3 cm³/mol. The SMILES string of the molecule is O=C1CC(S(=O)[O-])CN1. The molecule has 0 aliphatic carbocycles. The lowest BCUT2D eigenvalue weighted by molar-refractivity contribution is -0.119. The van der Waals surface area contributed by atoms with Crippen LogP contribution in [0.3, 0.4) is 0 Å². The number of hydrogen-bond acceptors (Lipinski definition) is 3. The molecular formula is C4H6NO3S-. The molecule has 4 nitrogen and oxygen atoms in total. The molecule has 0 bridgehead atoms. The summed E-state index contributed by atoms with van der Waals surface area (Å²) in [6.07, 6.45) is 0.121. The minimum absolute atomic E-state index is 0.121. The maximum absolute atomic E-state index is 10.4. The van der Waals surface area contributed by atoms with Crippen molar-refractivity contribution in [2.24, 2.45) is 0 Å². The maximum atomic E-state index is 10.4. The minimum atomic E-state index is -2.09. The predicted octanol–water partition coefficient (Wildman–Crippen LogP) is -1.25. The second kappa shape index (κ2) is 2.45. The summed E-state index contributed by atoms with van der Waals surface area (Å²) in [5, 5.41) is 1.92. The molecule has 2 atom stereocenters. The third-order valence-corrected chi connectivity index (χ3v) is 2.09. The highest BCUT2D eigenvalue weighted by Crippen LogP contribution is 2.04. The van der Waals surface area contributed by atoms with Crippen LogP contribution in [-0.2, 0) is 15.9 Å². The maximum Gasteiger partial charge on any atom is 0.221 e. The average Bonchev–Trinajstić information content (AvgIpc) is 2.14. The van der Waals surface area contributed by atoms with Gasteiger partial charge in [-0.25, -0.2) is 0 Å². The number of carbonyl (C=O) groups is 1. The number of nitrogens with one attached hydrogen (secondary N) is 1. The summed E-state index contributed by atoms with van der Waals surface area (Å²) in [4.78, 5) is 10.4. The molecule has 1 heterocycles. The van der Waals surface area contributed by atoms with Gasteiger partial charge in [0.2, 0.25) is 5.91 Å². The van der Waals surface area contributed by atoms with Gasteiger partial charge in [-0.05, 0) is 11.1 Å². The molecular weight excluding hydrogens is 142 g/mol. The van der Waals surface area contributed by atoms with Crippen molar-refractivity contribution in [3.8, 4) is 0 Å². The summed E-state index contributed by atoms with van der Waals surface area (Å²) in [6.45, 7) is 0.273. The molecule has 1 saturated heterocycles. The van der Waals surface area contributed by atoms with Crippen LogP contribution in [0, 0.1) is 0 Å². The Labute approximate surface area is 54.9 Å². The Balaban J connectivity index is 2.48. The first-order valence-corrected chi connectivity index (χ1v) is 3.68. The fourth-order valence-electron chi connectivity index (χ4n) is 0.715. The zero-order valence-corrected chi connectivity index (χ0v) is 5.44. The van der Waals surface area contributed by atoms with Crippen molar-refractivity contribution in [1.82, 2.24) is 5.32 Å². The van der Waals surface area contributed by atoms with Crippen LogP contribution in [0.2, 0.25) is 0 Å². The van der Waals surface area contributed by atoms with Crippen molar-refractivity contribution >= 4 is 17.0 Å². The Morgan fingerprint density at radius 2 is 2.44 bits per heavy atom. The smallest absolute Gasteiger partial charge is 0.221 e. The first-order valence-electron chi connectivity index (χ1n) is 2.55. The van der Waals surface area contributed by atoms with Crippen molar-refractivity contribution in [1.29, 1.82) is 0 Å². The van der Waals surface area contributed by atoms with Crippen LogP contribution >= 0.6 is 0 Å². The lowest BCUT2D eigenvalue weighted by atomic mass is 10.4. The van der Waals surface area contributed by atoms with Gasteiger partial charge in [0.15, 0.2) is 0 Å². The molecule has 1 aliphatic heterocycles. The average molecular weight is 148 g/mol. The van der Waals surface area contributed by atoms with Gasteiger partial charge < -0.3 is 9.87 Å². The molecule has 1 rings (SSSR count). The van der Waals surface area contributed by atoms with Crippen LogP contribution in [0.25, 0.3) is 0 Å². The summed E-state index contributed by atoms with van der Waals surface area (Å²) in [5.74, 6) is -0.177. The van der Waals surface area contributed by atoms with Crippen LogP contribution in [0.15, 0.2) is 0 Å². The molecule has 1 amide bonds. The van der Waals surface area contributed by atoms with Gasteiger partial charge in [-0.3, -0.25) is 9.00 Å². The molecule has 1 N–H and O–H groups in total. The monoisotopic (exact) mass is 148 g/mol. The van der Waals surface area contributed by atoms with Crippen LogP contribution in [0.5, 0.6) is 0 Å².